The molecular weight excluding hydrogens is 416 g/mol. The number of fused-ring (bicyclic) bond motifs is 1. The van der Waals surface area contributed by atoms with E-state index in [0.29, 0.717) is 18.4 Å². The minimum atomic E-state index is -1.15. The van der Waals surface area contributed by atoms with E-state index in [4.69, 9.17) is 5.84 Å². The second kappa shape index (κ2) is 11.6. The van der Waals surface area contributed by atoms with Gasteiger partial charge in [-0.05, 0) is 47.2 Å². The van der Waals surface area contributed by atoms with Gasteiger partial charge in [0.25, 0.3) is 11.8 Å². The molecule has 1 unspecified atom stereocenters. The van der Waals surface area contributed by atoms with Crippen molar-refractivity contribution in [1.29, 1.82) is 0 Å². The average molecular weight is 449 g/mol. The lowest BCUT2D eigenvalue weighted by Gasteiger charge is -2.29. The summed E-state index contributed by atoms with van der Waals surface area (Å²) in [5.41, 5.74) is 3.59. The Bertz CT molecular complexity index is 1070. The fourth-order valence-corrected chi connectivity index (χ4v) is 3.86. The maximum absolute atomic E-state index is 13.0. The topological polar surface area (TPSA) is 116 Å². The summed E-state index contributed by atoms with van der Waals surface area (Å²) in [6.07, 6.45) is -0.285. The molecule has 0 radical (unpaired) electrons. The van der Waals surface area contributed by atoms with Crippen molar-refractivity contribution < 1.29 is 14.7 Å². The van der Waals surface area contributed by atoms with Crippen LogP contribution in [-0.4, -0.2) is 35.2 Å². The average Bonchev–Trinajstić information content (AvgIpc) is 2.82. The van der Waals surface area contributed by atoms with Crippen LogP contribution in [0, 0.1) is 5.92 Å². The first-order valence-corrected chi connectivity index (χ1v) is 11.2. The van der Waals surface area contributed by atoms with Gasteiger partial charge < -0.3 is 10.4 Å². The number of aliphatic hydroxyl groups excluding tert-OH is 1. The van der Waals surface area contributed by atoms with E-state index in [1.165, 1.54) is 0 Å². The maximum Gasteiger partial charge on any atom is 0.251 e. The molecule has 0 aliphatic rings. The monoisotopic (exact) mass is 448 g/mol. The molecule has 174 valence electrons. The number of benzene rings is 3. The highest BCUT2D eigenvalue weighted by Gasteiger charge is 2.28. The van der Waals surface area contributed by atoms with Gasteiger partial charge in [-0.25, -0.2) is 5.84 Å². The van der Waals surface area contributed by atoms with Crippen molar-refractivity contribution in [3.05, 3.63) is 83.9 Å². The Morgan fingerprint density at radius 2 is 1.61 bits per heavy atom. The van der Waals surface area contributed by atoms with Crippen molar-refractivity contribution >= 4 is 22.6 Å². The van der Waals surface area contributed by atoms with E-state index in [2.05, 4.69) is 16.1 Å². The molecular formula is C26H32N4O3. The predicted molar refractivity (Wildman–Crippen MR) is 130 cm³/mol. The van der Waals surface area contributed by atoms with Crippen LogP contribution in [0.4, 0.5) is 0 Å². The van der Waals surface area contributed by atoms with Gasteiger partial charge in [0.2, 0.25) is 0 Å². The molecule has 3 aromatic rings. The van der Waals surface area contributed by atoms with Gasteiger partial charge in [-0.3, -0.25) is 20.3 Å². The first-order chi connectivity index (χ1) is 15.9. The second-order valence-electron chi connectivity index (χ2n) is 8.63. The molecule has 0 aromatic heterocycles. The molecule has 0 fully saturated rings. The molecule has 3 aromatic carbocycles. The van der Waals surface area contributed by atoms with Crippen LogP contribution in [0.5, 0.6) is 0 Å². The van der Waals surface area contributed by atoms with Gasteiger partial charge >= 0.3 is 0 Å². The predicted octanol–water partition coefficient (Wildman–Crippen LogP) is 2.49. The number of hydrazine groups is 1. The highest BCUT2D eigenvalue weighted by atomic mass is 16.3. The number of hydrogen-bond donors (Lipinski definition) is 5. The van der Waals surface area contributed by atoms with Gasteiger partial charge in [0.1, 0.15) is 6.23 Å². The van der Waals surface area contributed by atoms with Gasteiger partial charge in [0.15, 0.2) is 0 Å². The van der Waals surface area contributed by atoms with Crippen LogP contribution in [0.2, 0.25) is 0 Å². The smallest absolute Gasteiger partial charge is 0.251 e. The fraction of sp³-hybridized carbons (Fsp3) is 0.308. The summed E-state index contributed by atoms with van der Waals surface area (Å²) < 4.78 is 0. The first-order valence-electron chi connectivity index (χ1n) is 11.2. The molecule has 0 aliphatic carbocycles. The first kappa shape index (κ1) is 24.4. The van der Waals surface area contributed by atoms with E-state index in [0.717, 1.165) is 16.3 Å². The number of nitrogens with two attached hydrogens (primary N) is 1. The maximum atomic E-state index is 13.0. The van der Waals surface area contributed by atoms with Crippen LogP contribution < -0.4 is 21.9 Å². The quantitative estimate of drug-likeness (QED) is 0.141. The summed E-state index contributed by atoms with van der Waals surface area (Å²) in [6, 6.07) is 21.4. The van der Waals surface area contributed by atoms with Crippen molar-refractivity contribution in [3.63, 3.8) is 0 Å². The van der Waals surface area contributed by atoms with Crippen LogP contribution >= 0.6 is 0 Å². The highest BCUT2D eigenvalue weighted by Crippen LogP contribution is 2.17. The van der Waals surface area contributed by atoms with Gasteiger partial charge in [-0.1, -0.05) is 74.5 Å². The van der Waals surface area contributed by atoms with E-state index < -0.39 is 24.2 Å². The number of aliphatic hydroxyl groups is 1. The van der Waals surface area contributed by atoms with Crippen LogP contribution in [0.15, 0.2) is 72.8 Å². The Kier molecular flexibility index (Phi) is 8.54. The van der Waals surface area contributed by atoms with Gasteiger partial charge in [-0.15, -0.1) is 0 Å². The number of carbonyl (C=O) groups excluding carboxylic acids is 2. The molecule has 0 aliphatic heterocycles. The summed E-state index contributed by atoms with van der Waals surface area (Å²) in [7, 11) is 0. The SMILES string of the molecule is CC(C)C[C@H](NC(=O)c1ccc2ccccc2c1)C(O)N[C@@H](Cc1ccccc1)C(=O)NN. The normalized spacial score (nSPS) is 14.0. The Morgan fingerprint density at radius 3 is 2.27 bits per heavy atom. The summed E-state index contributed by atoms with van der Waals surface area (Å²) in [6.45, 7) is 4.02. The standard InChI is InChI=1S/C26H32N4O3/c1-17(2)14-22(28-24(31)21-13-12-19-10-6-7-11-20(19)16-21)25(32)29-23(26(33)30-27)15-18-8-4-3-5-9-18/h3-13,16-17,22-23,25,29,32H,14-15,27H2,1-2H3,(H,28,31)(H,30,33)/t22-,23-,25?/m0/s1. The van der Waals surface area contributed by atoms with E-state index in [-0.39, 0.29) is 11.8 Å². The van der Waals surface area contributed by atoms with Gasteiger partial charge in [0.05, 0.1) is 12.1 Å². The van der Waals surface area contributed by atoms with Crippen molar-refractivity contribution in [1.82, 2.24) is 16.1 Å². The Balaban J connectivity index is 1.75. The molecule has 6 N–H and O–H groups in total. The van der Waals surface area contributed by atoms with E-state index in [1.54, 1.807) is 6.07 Å². The lowest BCUT2D eigenvalue weighted by molar-refractivity contribution is -0.124. The van der Waals surface area contributed by atoms with Crippen molar-refractivity contribution in [2.45, 2.75) is 45.0 Å². The van der Waals surface area contributed by atoms with Crippen LogP contribution in [0.25, 0.3) is 10.8 Å². The summed E-state index contributed by atoms with van der Waals surface area (Å²) in [5.74, 6) is 4.85. The summed E-state index contributed by atoms with van der Waals surface area (Å²) in [4.78, 5) is 25.4. The Hall–Kier alpha value is -3.26. The Labute approximate surface area is 194 Å². The molecule has 2 amide bonds. The molecule has 0 bridgehead atoms. The molecule has 7 heteroatoms. The lowest BCUT2D eigenvalue weighted by Crippen LogP contribution is -2.58. The van der Waals surface area contributed by atoms with Crippen molar-refractivity contribution in [2.75, 3.05) is 0 Å². The molecule has 0 spiro atoms. The third-order valence-corrected chi connectivity index (χ3v) is 5.55. The summed E-state index contributed by atoms with van der Waals surface area (Å²) in [5, 5.41) is 18.9. The van der Waals surface area contributed by atoms with Crippen LogP contribution in [-0.2, 0) is 11.2 Å². The zero-order valence-electron chi connectivity index (χ0n) is 19.0. The third-order valence-electron chi connectivity index (χ3n) is 5.55. The molecule has 3 rings (SSSR count). The second-order valence-corrected chi connectivity index (χ2v) is 8.63. The zero-order valence-corrected chi connectivity index (χ0v) is 19.0. The minimum Gasteiger partial charge on any atom is -0.376 e. The fourth-order valence-electron chi connectivity index (χ4n) is 3.86. The number of rotatable bonds is 10. The molecule has 7 nitrogen and oxygen atoms in total. The van der Waals surface area contributed by atoms with Crippen molar-refractivity contribution in [3.8, 4) is 0 Å². The number of hydrogen-bond acceptors (Lipinski definition) is 5. The van der Waals surface area contributed by atoms with E-state index in [9.17, 15) is 14.7 Å². The van der Waals surface area contributed by atoms with Crippen LogP contribution in [0.1, 0.15) is 36.2 Å². The van der Waals surface area contributed by atoms with Gasteiger partial charge in [0, 0.05) is 5.56 Å². The van der Waals surface area contributed by atoms with E-state index >= 15 is 0 Å². The third kappa shape index (κ3) is 6.86. The largest absolute Gasteiger partial charge is 0.376 e. The molecule has 0 saturated carbocycles. The number of nitrogens with one attached hydrogen (secondary N) is 3. The molecule has 0 saturated heterocycles. The van der Waals surface area contributed by atoms with E-state index in [1.807, 2.05) is 80.6 Å². The van der Waals surface area contributed by atoms with Crippen molar-refractivity contribution in [2.24, 2.45) is 11.8 Å². The zero-order chi connectivity index (χ0) is 23.8. The molecule has 3 atom stereocenters. The molecule has 0 heterocycles. The lowest BCUT2D eigenvalue weighted by atomic mass is 9.99. The highest BCUT2D eigenvalue weighted by molar-refractivity contribution is 5.98. The Morgan fingerprint density at radius 1 is 0.939 bits per heavy atom. The summed E-state index contributed by atoms with van der Waals surface area (Å²) >= 11 is 0. The number of amides is 2. The van der Waals surface area contributed by atoms with Crippen LogP contribution in [0.3, 0.4) is 0 Å². The minimum absolute atomic E-state index is 0.208. The molecule has 33 heavy (non-hydrogen) atoms. The van der Waals surface area contributed by atoms with Gasteiger partial charge in [-0.2, -0.15) is 0 Å². The number of carbonyl (C=O) groups is 2.